The van der Waals surface area contributed by atoms with Crippen molar-refractivity contribution in [3.8, 4) is 0 Å². The fourth-order valence-corrected chi connectivity index (χ4v) is 0.958. The highest BCUT2D eigenvalue weighted by molar-refractivity contribution is 5.85. The second-order valence-electron chi connectivity index (χ2n) is 2.03. The summed E-state index contributed by atoms with van der Waals surface area (Å²) in [5.41, 5.74) is 5.37. The smallest absolute Gasteiger partial charge is 0.0190 e. The minimum Gasteiger partial charge on any atom is -0.329 e. The van der Waals surface area contributed by atoms with Crippen molar-refractivity contribution in [3.63, 3.8) is 0 Å². The molecule has 1 aliphatic rings. The molecule has 0 radical (unpaired) electrons. The summed E-state index contributed by atoms with van der Waals surface area (Å²) in [6.07, 6.45) is 2.58. The van der Waals surface area contributed by atoms with Crippen LogP contribution in [-0.2, 0) is 0 Å². The molecule has 2 nitrogen and oxygen atoms in total. The maximum absolute atomic E-state index is 5.37. The van der Waals surface area contributed by atoms with Gasteiger partial charge in [0.2, 0.25) is 0 Å². The lowest BCUT2D eigenvalue weighted by atomic mass is 10.2. The van der Waals surface area contributed by atoms with E-state index in [2.05, 4.69) is 5.32 Å². The molecule has 1 rings (SSSR count). The summed E-state index contributed by atoms with van der Waals surface area (Å²) in [6.45, 7) is 1.97. The van der Waals surface area contributed by atoms with Gasteiger partial charge >= 0.3 is 0 Å². The molecule has 0 aromatic rings. The van der Waals surface area contributed by atoms with E-state index in [-0.39, 0.29) is 24.8 Å². The Morgan fingerprint density at radius 2 is 2.11 bits per heavy atom. The van der Waals surface area contributed by atoms with Gasteiger partial charge in [0.1, 0.15) is 0 Å². The molecule has 3 N–H and O–H groups in total. The third-order valence-corrected chi connectivity index (χ3v) is 1.45. The van der Waals surface area contributed by atoms with Crippen LogP contribution in [0.1, 0.15) is 12.8 Å². The van der Waals surface area contributed by atoms with Gasteiger partial charge in [0, 0.05) is 12.6 Å². The van der Waals surface area contributed by atoms with Crippen LogP contribution in [0.25, 0.3) is 0 Å². The van der Waals surface area contributed by atoms with E-state index in [1.54, 1.807) is 0 Å². The Labute approximate surface area is 68.4 Å². The third-order valence-electron chi connectivity index (χ3n) is 1.45. The van der Waals surface area contributed by atoms with E-state index >= 15 is 0 Å². The summed E-state index contributed by atoms with van der Waals surface area (Å²) >= 11 is 0. The van der Waals surface area contributed by atoms with Crippen molar-refractivity contribution < 1.29 is 0 Å². The Bertz CT molecular complexity index is 54.9. The summed E-state index contributed by atoms with van der Waals surface area (Å²) in [7, 11) is 0. The monoisotopic (exact) mass is 172 g/mol. The van der Waals surface area contributed by atoms with Crippen molar-refractivity contribution in [2.45, 2.75) is 18.9 Å². The topological polar surface area (TPSA) is 38.0 Å². The van der Waals surface area contributed by atoms with E-state index < -0.39 is 0 Å². The minimum atomic E-state index is 0. The Balaban J connectivity index is 0. The van der Waals surface area contributed by atoms with Gasteiger partial charge in [-0.05, 0) is 19.4 Å². The van der Waals surface area contributed by atoms with Gasteiger partial charge in [-0.1, -0.05) is 0 Å². The predicted molar refractivity (Wildman–Crippen MR) is 44.6 cm³/mol. The van der Waals surface area contributed by atoms with Gasteiger partial charge in [0.15, 0.2) is 0 Å². The maximum atomic E-state index is 5.37. The van der Waals surface area contributed by atoms with E-state index in [1.165, 1.54) is 19.4 Å². The third kappa shape index (κ3) is 3.98. The molecule has 0 aliphatic carbocycles. The standard InChI is InChI=1S/C5H12N2.2ClH/c6-4-5-2-1-3-7-5;;/h5,7H,1-4,6H2;2*1H/t5-;;/m1../s1. The molecule has 0 unspecified atom stereocenters. The van der Waals surface area contributed by atoms with Crippen molar-refractivity contribution in [2.24, 2.45) is 5.73 Å². The zero-order valence-electron chi connectivity index (χ0n) is 5.30. The van der Waals surface area contributed by atoms with Crippen molar-refractivity contribution in [2.75, 3.05) is 13.1 Å². The van der Waals surface area contributed by atoms with Crippen LogP contribution in [0.15, 0.2) is 0 Å². The second-order valence-corrected chi connectivity index (χ2v) is 2.03. The van der Waals surface area contributed by atoms with Crippen LogP contribution < -0.4 is 11.1 Å². The molecule has 1 fully saturated rings. The van der Waals surface area contributed by atoms with Gasteiger partial charge in [-0.2, -0.15) is 0 Å². The highest BCUT2D eigenvalue weighted by Crippen LogP contribution is 2.01. The first-order valence-corrected chi connectivity index (χ1v) is 2.87. The molecule has 0 saturated carbocycles. The summed E-state index contributed by atoms with van der Waals surface area (Å²) in [6, 6.07) is 0.625. The van der Waals surface area contributed by atoms with Crippen LogP contribution in [0.2, 0.25) is 0 Å². The molecular weight excluding hydrogens is 159 g/mol. The molecule has 0 spiro atoms. The first kappa shape index (κ1) is 12.2. The van der Waals surface area contributed by atoms with E-state index in [0.717, 1.165) is 6.54 Å². The lowest BCUT2D eigenvalue weighted by Gasteiger charge is -2.02. The van der Waals surface area contributed by atoms with Gasteiger partial charge in [-0.3, -0.25) is 0 Å². The molecule has 58 valence electrons. The number of nitrogens with two attached hydrogens (primary N) is 1. The van der Waals surface area contributed by atoms with Gasteiger partial charge in [-0.15, -0.1) is 24.8 Å². The van der Waals surface area contributed by atoms with Crippen LogP contribution in [0.3, 0.4) is 0 Å². The normalized spacial score (nSPS) is 24.3. The van der Waals surface area contributed by atoms with Crippen molar-refractivity contribution in [1.29, 1.82) is 0 Å². The first-order chi connectivity index (χ1) is 3.43. The molecule has 1 saturated heterocycles. The molecule has 1 atom stereocenters. The maximum Gasteiger partial charge on any atom is 0.0190 e. The average molecular weight is 173 g/mol. The largest absolute Gasteiger partial charge is 0.329 e. The van der Waals surface area contributed by atoms with Crippen molar-refractivity contribution in [1.82, 2.24) is 5.32 Å². The second kappa shape index (κ2) is 6.62. The Kier molecular flexibility index (Phi) is 8.97. The van der Waals surface area contributed by atoms with Crippen LogP contribution in [-0.4, -0.2) is 19.1 Å². The van der Waals surface area contributed by atoms with Gasteiger partial charge < -0.3 is 11.1 Å². The highest BCUT2D eigenvalue weighted by atomic mass is 35.5. The minimum absolute atomic E-state index is 0. The molecule has 0 bridgehead atoms. The molecule has 0 amide bonds. The number of halogens is 2. The SMILES string of the molecule is Cl.Cl.NC[C@H]1CCCN1. The van der Waals surface area contributed by atoms with Crippen LogP contribution in [0.5, 0.6) is 0 Å². The molecule has 1 heterocycles. The molecule has 1 aliphatic heterocycles. The van der Waals surface area contributed by atoms with Crippen LogP contribution in [0.4, 0.5) is 0 Å². The van der Waals surface area contributed by atoms with Crippen molar-refractivity contribution >= 4 is 24.8 Å². The van der Waals surface area contributed by atoms with Crippen LogP contribution >= 0.6 is 24.8 Å². The van der Waals surface area contributed by atoms with E-state index in [4.69, 9.17) is 5.73 Å². The Morgan fingerprint density at radius 3 is 2.33 bits per heavy atom. The number of hydrogen-bond donors (Lipinski definition) is 2. The van der Waals surface area contributed by atoms with Gasteiger partial charge in [0.25, 0.3) is 0 Å². The van der Waals surface area contributed by atoms with Crippen molar-refractivity contribution in [3.05, 3.63) is 0 Å². The molecule has 9 heavy (non-hydrogen) atoms. The summed E-state index contributed by atoms with van der Waals surface area (Å²) in [5.74, 6) is 0. The fraction of sp³-hybridized carbons (Fsp3) is 1.00. The molecular formula is C5H14Cl2N2. The van der Waals surface area contributed by atoms with E-state index in [9.17, 15) is 0 Å². The highest BCUT2D eigenvalue weighted by Gasteiger charge is 2.09. The summed E-state index contributed by atoms with van der Waals surface area (Å²) < 4.78 is 0. The zero-order chi connectivity index (χ0) is 5.11. The lowest BCUT2D eigenvalue weighted by Crippen LogP contribution is -2.29. The number of hydrogen-bond acceptors (Lipinski definition) is 2. The van der Waals surface area contributed by atoms with E-state index in [1.807, 2.05) is 0 Å². The molecule has 0 aromatic heterocycles. The molecule has 0 aromatic carbocycles. The van der Waals surface area contributed by atoms with Gasteiger partial charge in [0.05, 0.1) is 0 Å². The average Bonchev–Trinajstić information content (AvgIpc) is 2.14. The van der Waals surface area contributed by atoms with E-state index in [0.29, 0.717) is 6.04 Å². The Morgan fingerprint density at radius 1 is 1.44 bits per heavy atom. The Hall–Kier alpha value is 0.500. The van der Waals surface area contributed by atoms with Gasteiger partial charge in [-0.25, -0.2) is 0 Å². The zero-order valence-corrected chi connectivity index (χ0v) is 6.93. The summed E-state index contributed by atoms with van der Waals surface area (Å²) in [5, 5.41) is 3.28. The first-order valence-electron chi connectivity index (χ1n) is 2.87. The number of rotatable bonds is 1. The summed E-state index contributed by atoms with van der Waals surface area (Å²) in [4.78, 5) is 0. The number of nitrogens with one attached hydrogen (secondary N) is 1. The quantitative estimate of drug-likeness (QED) is 0.607. The predicted octanol–water partition coefficient (Wildman–Crippen LogP) is 0.541. The lowest BCUT2D eigenvalue weighted by molar-refractivity contribution is 0.616. The fourth-order valence-electron chi connectivity index (χ4n) is 0.958. The molecule has 4 heteroatoms. The van der Waals surface area contributed by atoms with Crippen LogP contribution in [0, 0.1) is 0 Å².